The van der Waals surface area contributed by atoms with Gasteiger partial charge in [-0.15, -0.1) is 0 Å². The standard InChI is InChI=1S/C31H36FN7O/c1-18-13-24-22(7-10-33-24)25(19(18)2)28-26(32)27-23(14-34-28)29(38-15-20-5-6-21(16-38)35-20)37-30(36-27)40-17-31-8-3-11-39(31)12-4-9-31/h7,10,13-14,20-21,33,35H,3-6,8-9,11-12,15-17H2,1-2H3. The van der Waals surface area contributed by atoms with Crippen LogP contribution in [0.25, 0.3) is 33.1 Å². The zero-order valence-electron chi connectivity index (χ0n) is 23.3. The number of nitrogens with zero attached hydrogens (tertiary/aromatic N) is 5. The van der Waals surface area contributed by atoms with E-state index in [9.17, 15) is 0 Å². The highest BCUT2D eigenvalue weighted by molar-refractivity contribution is 6.00. The highest BCUT2D eigenvalue weighted by Gasteiger charge is 2.45. The Hall–Kier alpha value is -3.30. The second-order valence-electron chi connectivity index (χ2n) is 12.4. The Labute approximate surface area is 233 Å². The highest BCUT2D eigenvalue weighted by atomic mass is 19.1. The molecule has 1 aromatic carbocycles. The summed E-state index contributed by atoms with van der Waals surface area (Å²) in [7, 11) is 0. The summed E-state index contributed by atoms with van der Waals surface area (Å²) in [4.78, 5) is 22.6. The number of H-pyrrole nitrogens is 1. The highest BCUT2D eigenvalue weighted by Crippen LogP contribution is 2.41. The van der Waals surface area contributed by atoms with Crippen molar-refractivity contribution in [1.82, 2.24) is 30.2 Å². The number of halogens is 1. The van der Waals surface area contributed by atoms with Crippen molar-refractivity contribution >= 4 is 27.6 Å². The Kier molecular flexibility index (Phi) is 5.58. The molecule has 4 aromatic rings. The van der Waals surface area contributed by atoms with E-state index < -0.39 is 5.82 Å². The summed E-state index contributed by atoms with van der Waals surface area (Å²) in [6.07, 6.45) is 10.6. The first-order valence-electron chi connectivity index (χ1n) is 14.8. The summed E-state index contributed by atoms with van der Waals surface area (Å²) in [5.41, 5.74) is 4.56. The van der Waals surface area contributed by atoms with Gasteiger partial charge in [0.1, 0.15) is 23.6 Å². The van der Waals surface area contributed by atoms with E-state index >= 15 is 4.39 Å². The predicted molar refractivity (Wildman–Crippen MR) is 154 cm³/mol. The monoisotopic (exact) mass is 541 g/mol. The number of hydrogen-bond acceptors (Lipinski definition) is 7. The van der Waals surface area contributed by atoms with Gasteiger partial charge >= 0.3 is 6.01 Å². The van der Waals surface area contributed by atoms with Gasteiger partial charge < -0.3 is 19.9 Å². The van der Waals surface area contributed by atoms with Crippen molar-refractivity contribution in [2.75, 3.05) is 37.7 Å². The maximum absolute atomic E-state index is 16.7. The smallest absolute Gasteiger partial charge is 0.319 e. The SMILES string of the molecule is Cc1cc2[nH]ccc2c(-c2ncc3c(N4CC5CCC(C4)N5)nc(OCC45CCCN4CCC5)nc3c2F)c1C. The Morgan fingerprint density at radius 1 is 1.07 bits per heavy atom. The maximum Gasteiger partial charge on any atom is 0.319 e. The lowest BCUT2D eigenvalue weighted by atomic mass is 9.95. The molecule has 3 aromatic heterocycles. The summed E-state index contributed by atoms with van der Waals surface area (Å²) in [6.45, 7) is 8.57. The lowest BCUT2D eigenvalue weighted by Crippen LogP contribution is -2.51. The van der Waals surface area contributed by atoms with Crippen LogP contribution in [-0.4, -0.2) is 75.2 Å². The minimum atomic E-state index is -0.415. The number of benzene rings is 1. The summed E-state index contributed by atoms with van der Waals surface area (Å²) < 4.78 is 23.1. The van der Waals surface area contributed by atoms with Gasteiger partial charge in [-0.2, -0.15) is 9.97 Å². The van der Waals surface area contributed by atoms with Crippen LogP contribution in [0.5, 0.6) is 6.01 Å². The molecule has 208 valence electrons. The molecule has 40 heavy (non-hydrogen) atoms. The molecule has 2 unspecified atom stereocenters. The number of piperazine rings is 1. The molecule has 9 heteroatoms. The predicted octanol–water partition coefficient (Wildman–Crippen LogP) is 4.88. The van der Waals surface area contributed by atoms with Crippen molar-refractivity contribution < 1.29 is 9.13 Å². The molecule has 4 aliphatic heterocycles. The van der Waals surface area contributed by atoms with Crippen LogP contribution in [0.4, 0.5) is 10.2 Å². The fourth-order valence-electron chi connectivity index (χ4n) is 7.88. The molecule has 8 rings (SSSR count). The third kappa shape index (κ3) is 3.74. The normalized spacial score (nSPS) is 23.9. The van der Waals surface area contributed by atoms with E-state index in [-0.39, 0.29) is 17.1 Å². The molecule has 2 atom stereocenters. The van der Waals surface area contributed by atoms with Gasteiger partial charge in [-0.05, 0) is 88.7 Å². The summed E-state index contributed by atoms with van der Waals surface area (Å²) >= 11 is 0. The largest absolute Gasteiger partial charge is 0.461 e. The van der Waals surface area contributed by atoms with Gasteiger partial charge in [0.15, 0.2) is 5.82 Å². The van der Waals surface area contributed by atoms with E-state index in [0.717, 1.165) is 85.3 Å². The van der Waals surface area contributed by atoms with Crippen molar-refractivity contribution in [3.05, 3.63) is 41.5 Å². The minimum absolute atomic E-state index is 0.0626. The van der Waals surface area contributed by atoms with Gasteiger partial charge in [-0.1, -0.05) is 0 Å². The summed E-state index contributed by atoms with van der Waals surface area (Å²) in [5, 5.41) is 5.30. The number of ether oxygens (including phenoxy) is 1. The number of rotatable bonds is 5. The molecule has 4 saturated heterocycles. The van der Waals surface area contributed by atoms with Gasteiger partial charge in [0.05, 0.1) is 10.9 Å². The van der Waals surface area contributed by atoms with Crippen LogP contribution < -0.4 is 15.0 Å². The topological polar surface area (TPSA) is 82.2 Å². The Morgan fingerprint density at radius 3 is 2.62 bits per heavy atom. The zero-order valence-corrected chi connectivity index (χ0v) is 23.3. The molecule has 2 bridgehead atoms. The van der Waals surface area contributed by atoms with Crippen molar-refractivity contribution in [3.63, 3.8) is 0 Å². The number of anilines is 1. The number of pyridine rings is 1. The Balaban J connectivity index is 1.26. The molecule has 0 saturated carbocycles. The van der Waals surface area contributed by atoms with E-state index in [1.165, 1.54) is 12.8 Å². The molecule has 0 spiro atoms. The molecule has 0 radical (unpaired) electrons. The molecule has 8 nitrogen and oxygen atoms in total. The van der Waals surface area contributed by atoms with Crippen LogP contribution in [0.2, 0.25) is 0 Å². The van der Waals surface area contributed by atoms with Crippen molar-refractivity contribution in [2.45, 2.75) is 70.0 Å². The molecule has 4 aliphatic rings. The number of aryl methyl sites for hydroxylation is 1. The van der Waals surface area contributed by atoms with Crippen molar-refractivity contribution in [2.24, 2.45) is 0 Å². The molecular formula is C31H36FN7O. The van der Waals surface area contributed by atoms with Gasteiger partial charge in [-0.25, -0.2) is 4.39 Å². The van der Waals surface area contributed by atoms with Crippen LogP contribution in [0.3, 0.4) is 0 Å². The maximum atomic E-state index is 16.7. The lowest BCUT2D eigenvalue weighted by molar-refractivity contribution is 0.108. The Morgan fingerprint density at radius 2 is 1.85 bits per heavy atom. The second kappa shape index (κ2) is 9.11. The van der Waals surface area contributed by atoms with Crippen LogP contribution in [0.15, 0.2) is 24.5 Å². The van der Waals surface area contributed by atoms with Crippen LogP contribution in [-0.2, 0) is 0 Å². The van der Waals surface area contributed by atoms with Crippen LogP contribution in [0.1, 0.15) is 49.7 Å². The van der Waals surface area contributed by atoms with Gasteiger partial charge in [0, 0.05) is 54.0 Å². The van der Waals surface area contributed by atoms with Gasteiger partial charge in [0.25, 0.3) is 0 Å². The zero-order chi connectivity index (χ0) is 27.0. The molecule has 7 heterocycles. The summed E-state index contributed by atoms with van der Waals surface area (Å²) in [5.74, 6) is 0.318. The van der Waals surface area contributed by atoms with Crippen molar-refractivity contribution in [3.8, 4) is 17.3 Å². The average Bonchev–Trinajstić information content (AvgIpc) is 3.73. The van der Waals surface area contributed by atoms with E-state index in [4.69, 9.17) is 19.7 Å². The van der Waals surface area contributed by atoms with E-state index in [1.54, 1.807) is 6.20 Å². The molecule has 0 aliphatic carbocycles. The Bertz CT molecular complexity index is 1610. The van der Waals surface area contributed by atoms with Gasteiger partial charge in [-0.3, -0.25) is 9.88 Å². The van der Waals surface area contributed by atoms with E-state index in [0.29, 0.717) is 29.8 Å². The summed E-state index contributed by atoms with van der Waals surface area (Å²) in [6, 6.07) is 5.21. The molecular weight excluding hydrogens is 505 g/mol. The third-order valence-corrected chi connectivity index (χ3v) is 10.1. The quantitative estimate of drug-likeness (QED) is 0.373. The fourth-order valence-corrected chi connectivity index (χ4v) is 7.88. The third-order valence-electron chi connectivity index (χ3n) is 10.1. The number of hydrogen-bond donors (Lipinski definition) is 2. The van der Waals surface area contributed by atoms with Crippen molar-refractivity contribution in [1.29, 1.82) is 0 Å². The average molecular weight is 542 g/mol. The van der Waals surface area contributed by atoms with Crippen LogP contribution >= 0.6 is 0 Å². The fraction of sp³-hybridized carbons (Fsp3) is 0.516. The first kappa shape index (κ1) is 24.5. The number of nitrogens with one attached hydrogen (secondary N) is 2. The first-order valence-corrected chi connectivity index (χ1v) is 14.8. The minimum Gasteiger partial charge on any atom is -0.461 e. The molecule has 4 fully saturated rings. The first-order chi connectivity index (χ1) is 19.5. The van der Waals surface area contributed by atoms with E-state index in [1.807, 2.05) is 19.2 Å². The molecule has 2 N–H and O–H groups in total. The number of aromatic amines is 1. The van der Waals surface area contributed by atoms with Crippen LogP contribution in [0, 0.1) is 19.7 Å². The lowest BCUT2D eigenvalue weighted by Gasteiger charge is -2.34. The van der Waals surface area contributed by atoms with E-state index in [2.05, 4.69) is 33.1 Å². The number of fused-ring (bicyclic) bond motifs is 5. The number of aromatic nitrogens is 4. The second-order valence-corrected chi connectivity index (χ2v) is 12.4. The van der Waals surface area contributed by atoms with Gasteiger partial charge in [0.2, 0.25) is 0 Å². The molecule has 0 amide bonds.